The van der Waals surface area contributed by atoms with Crippen LogP contribution in [0.15, 0.2) is 29.6 Å². The van der Waals surface area contributed by atoms with Crippen LogP contribution in [-0.2, 0) is 0 Å². The predicted molar refractivity (Wildman–Crippen MR) is 56.1 cm³/mol. The highest BCUT2D eigenvalue weighted by Gasteiger charge is 1.83. The van der Waals surface area contributed by atoms with Gasteiger partial charge in [-0.15, -0.1) is 0 Å². The molecule has 0 aliphatic heterocycles. The van der Waals surface area contributed by atoms with Crippen molar-refractivity contribution in [3.63, 3.8) is 0 Å². The number of hydrazone groups is 1. The average Bonchev–Trinajstić information content (AvgIpc) is 2.31. The van der Waals surface area contributed by atoms with Crippen molar-refractivity contribution in [2.75, 3.05) is 0 Å². The Bertz CT molecular complexity index is 293. The Kier molecular flexibility index (Phi) is 7.18. The second kappa shape index (κ2) is 8.41. The zero-order valence-corrected chi connectivity index (χ0v) is 7.92. The molecule has 0 radical (unpaired) electrons. The first kappa shape index (κ1) is 12.8. The summed E-state index contributed by atoms with van der Waals surface area (Å²) in [5.41, 5.74) is 4.40. The maximum absolute atomic E-state index is 9.71. The SMILES string of the molecule is N/N=C/c1cccnc1.NNC(=O)NN. The van der Waals surface area contributed by atoms with Crippen LogP contribution < -0.4 is 28.4 Å². The van der Waals surface area contributed by atoms with E-state index in [0.717, 1.165) is 5.56 Å². The number of carbonyl (C=O) groups excluding carboxylic acids is 1. The van der Waals surface area contributed by atoms with Crippen LogP contribution in [0.2, 0.25) is 0 Å². The number of carbonyl (C=O) groups is 1. The molecule has 8 heteroatoms. The molecule has 82 valence electrons. The molecule has 15 heavy (non-hydrogen) atoms. The summed E-state index contributed by atoms with van der Waals surface area (Å²) < 4.78 is 0. The third kappa shape index (κ3) is 6.93. The molecule has 2 amide bonds. The van der Waals surface area contributed by atoms with Gasteiger partial charge in [0.2, 0.25) is 0 Å². The predicted octanol–water partition coefficient (Wildman–Crippen LogP) is -1.59. The number of nitrogens with zero attached hydrogens (tertiary/aromatic N) is 2. The van der Waals surface area contributed by atoms with Gasteiger partial charge in [0.25, 0.3) is 0 Å². The Morgan fingerprint density at radius 1 is 1.47 bits per heavy atom. The van der Waals surface area contributed by atoms with Crippen LogP contribution >= 0.6 is 0 Å². The number of aromatic nitrogens is 1. The Morgan fingerprint density at radius 2 is 2.13 bits per heavy atom. The van der Waals surface area contributed by atoms with Gasteiger partial charge in [-0.05, 0) is 6.07 Å². The highest BCUT2D eigenvalue weighted by atomic mass is 16.2. The second-order valence-corrected chi connectivity index (χ2v) is 2.18. The fourth-order valence-corrected chi connectivity index (χ4v) is 0.580. The molecular weight excluding hydrogens is 198 g/mol. The standard InChI is InChI=1S/C6H7N3.CH6N4O/c7-9-5-6-2-1-3-8-4-6;2-4-1(6)5-3/h1-5H,7H2;2-3H2,(H2,4,5,6)/b9-5+;. The molecule has 1 aromatic rings. The number of urea groups is 1. The van der Waals surface area contributed by atoms with Crippen molar-refractivity contribution in [3.05, 3.63) is 30.1 Å². The summed E-state index contributed by atoms with van der Waals surface area (Å²) in [6.07, 6.45) is 4.94. The lowest BCUT2D eigenvalue weighted by molar-refractivity contribution is 0.241. The summed E-state index contributed by atoms with van der Waals surface area (Å²) in [7, 11) is 0. The normalized spacial score (nSPS) is 8.93. The van der Waals surface area contributed by atoms with Gasteiger partial charge in [-0.25, -0.2) is 16.5 Å². The summed E-state index contributed by atoms with van der Waals surface area (Å²) in [5.74, 6) is 14.0. The molecule has 8 nitrogen and oxygen atoms in total. The van der Waals surface area contributed by atoms with E-state index in [1.807, 2.05) is 12.1 Å². The van der Waals surface area contributed by atoms with Crippen molar-refractivity contribution < 1.29 is 4.79 Å². The minimum atomic E-state index is -0.602. The topological polar surface area (TPSA) is 144 Å². The number of hydrogen-bond donors (Lipinski definition) is 5. The number of nitrogens with one attached hydrogen (secondary N) is 2. The zero-order valence-electron chi connectivity index (χ0n) is 7.92. The Labute approximate surface area is 86.5 Å². The van der Waals surface area contributed by atoms with Gasteiger partial charge in [0.1, 0.15) is 0 Å². The molecule has 0 aliphatic rings. The molecule has 1 heterocycles. The smallest absolute Gasteiger partial charge is 0.323 e. The summed E-state index contributed by atoms with van der Waals surface area (Å²) in [4.78, 5) is 13.6. The lowest BCUT2D eigenvalue weighted by atomic mass is 10.3. The Morgan fingerprint density at radius 3 is 2.47 bits per heavy atom. The minimum Gasteiger partial charge on any atom is -0.323 e. The van der Waals surface area contributed by atoms with Crippen molar-refractivity contribution in [2.24, 2.45) is 22.6 Å². The van der Waals surface area contributed by atoms with Gasteiger partial charge in [0.05, 0.1) is 6.21 Å². The van der Waals surface area contributed by atoms with Gasteiger partial charge in [0, 0.05) is 18.0 Å². The Hall–Kier alpha value is -2.19. The van der Waals surface area contributed by atoms with E-state index in [-0.39, 0.29) is 0 Å². The van der Waals surface area contributed by atoms with E-state index < -0.39 is 6.03 Å². The fraction of sp³-hybridized carbons (Fsp3) is 0. The summed E-state index contributed by atoms with van der Waals surface area (Å²) in [6.45, 7) is 0. The first-order valence-corrected chi connectivity index (χ1v) is 3.85. The number of pyridine rings is 1. The fourth-order valence-electron chi connectivity index (χ4n) is 0.580. The molecule has 0 saturated carbocycles. The molecule has 0 spiro atoms. The van der Waals surface area contributed by atoms with Crippen molar-refractivity contribution >= 4 is 12.2 Å². The van der Waals surface area contributed by atoms with Gasteiger partial charge in [0.15, 0.2) is 0 Å². The third-order valence-corrected chi connectivity index (χ3v) is 1.17. The number of amides is 2. The molecule has 0 aliphatic carbocycles. The van der Waals surface area contributed by atoms with Crippen LogP contribution in [0.25, 0.3) is 0 Å². The summed E-state index contributed by atoms with van der Waals surface area (Å²) >= 11 is 0. The van der Waals surface area contributed by atoms with E-state index in [1.165, 1.54) is 0 Å². The minimum absolute atomic E-state index is 0.602. The summed E-state index contributed by atoms with van der Waals surface area (Å²) in [6, 6.07) is 3.11. The van der Waals surface area contributed by atoms with Crippen LogP contribution in [0.3, 0.4) is 0 Å². The molecule has 0 saturated heterocycles. The van der Waals surface area contributed by atoms with Crippen molar-refractivity contribution in [3.8, 4) is 0 Å². The van der Waals surface area contributed by atoms with Gasteiger partial charge in [-0.3, -0.25) is 15.8 Å². The first-order valence-electron chi connectivity index (χ1n) is 3.85. The van der Waals surface area contributed by atoms with Crippen molar-refractivity contribution in [1.29, 1.82) is 0 Å². The van der Waals surface area contributed by atoms with Gasteiger partial charge < -0.3 is 5.84 Å². The van der Waals surface area contributed by atoms with E-state index in [4.69, 9.17) is 5.84 Å². The van der Waals surface area contributed by atoms with Gasteiger partial charge in [-0.1, -0.05) is 6.07 Å². The van der Waals surface area contributed by atoms with Crippen LogP contribution in [-0.4, -0.2) is 17.2 Å². The quantitative estimate of drug-likeness (QED) is 0.164. The maximum atomic E-state index is 9.71. The molecule has 0 aromatic carbocycles. The van der Waals surface area contributed by atoms with Crippen molar-refractivity contribution in [1.82, 2.24) is 15.8 Å². The highest BCUT2D eigenvalue weighted by molar-refractivity contribution is 5.78. The zero-order chi connectivity index (χ0) is 11.5. The second-order valence-electron chi connectivity index (χ2n) is 2.18. The third-order valence-electron chi connectivity index (χ3n) is 1.17. The van der Waals surface area contributed by atoms with Crippen LogP contribution in [0, 0.1) is 0 Å². The average molecular weight is 211 g/mol. The van der Waals surface area contributed by atoms with E-state index in [1.54, 1.807) is 29.5 Å². The number of hydrogen-bond acceptors (Lipinski definition) is 6. The van der Waals surface area contributed by atoms with E-state index in [0.29, 0.717) is 0 Å². The lowest BCUT2D eigenvalue weighted by Gasteiger charge is -1.90. The summed E-state index contributed by atoms with van der Waals surface area (Å²) in [5, 5.41) is 3.34. The number of rotatable bonds is 1. The van der Waals surface area contributed by atoms with Gasteiger partial charge >= 0.3 is 6.03 Å². The molecule has 1 aromatic heterocycles. The largest absolute Gasteiger partial charge is 0.343 e. The number of hydrazine groups is 2. The van der Waals surface area contributed by atoms with Crippen LogP contribution in [0.5, 0.6) is 0 Å². The maximum Gasteiger partial charge on any atom is 0.343 e. The monoisotopic (exact) mass is 211 g/mol. The number of nitrogens with two attached hydrogens (primary N) is 3. The van der Waals surface area contributed by atoms with Crippen molar-refractivity contribution in [2.45, 2.75) is 0 Å². The Balaban J connectivity index is 0.000000288. The molecule has 0 bridgehead atoms. The van der Waals surface area contributed by atoms with Crippen LogP contribution in [0.4, 0.5) is 4.79 Å². The molecule has 1 rings (SSSR count). The van der Waals surface area contributed by atoms with E-state index >= 15 is 0 Å². The molecular formula is C7H13N7O. The highest BCUT2D eigenvalue weighted by Crippen LogP contribution is 1.88. The van der Waals surface area contributed by atoms with Gasteiger partial charge in [-0.2, -0.15) is 5.10 Å². The van der Waals surface area contributed by atoms with E-state index in [2.05, 4.69) is 21.8 Å². The lowest BCUT2D eigenvalue weighted by Crippen LogP contribution is -2.43. The first-order chi connectivity index (χ1) is 7.24. The molecule has 0 atom stereocenters. The molecule has 8 N–H and O–H groups in total. The van der Waals surface area contributed by atoms with E-state index in [9.17, 15) is 4.79 Å². The molecule has 0 fully saturated rings. The van der Waals surface area contributed by atoms with Crippen LogP contribution in [0.1, 0.15) is 5.56 Å². The molecule has 0 unspecified atom stereocenters.